The molecule has 1 N–H and O–H groups in total. The maximum absolute atomic E-state index is 13.0. The molecule has 1 fully saturated rings. The van der Waals surface area contributed by atoms with E-state index in [-0.39, 0.29) is 11.9 Å². The fourth-order valence-electron chi connectivity index (χ4n) is 3.75. The van der Waals surface area contributed by atoms with Crippen LogP contribution in [0.25, 0.3) is 11.1 Å². The highest BCUT2D eigenvalue weighted by Crippen LogP contribution is 2.28. The van der Waals surface area contributed by atoms with E-state index in [1.54, 1.807) is 11.3 Å². The number of nitrogens with one attached hydrogen (secondary N) is 1. The second-order valence-electron chi connectivity index (χ2n) is 7.27. The number of anilines is 2. The third kappa shape index (κ3) is 4.66. The summed E-state index contributed by atoms with van der Waals surface area (Å²) in [5.74, 6) is 0.0380. The monoisotopic (exact) mass is 406 g/mol. The van der Waals surface area contributed by atoms with E-state index in [0.29, 0.717) is 0 Å². The zero-order chi connectivity index (χ0) is 20.1. The zero-order valence-electron chi connectivity index (χ0n) is 16.6. The number of thiazole rings is 1. The molecule has 0 saturated carbocycles. The highest BCUT2D eigenvalue weighted by molar-refractivity contribution is 7.13. The van der Waals surface area contributed by atoms with E-state index in [2.05, 4.69) is 32.2 Å². The molecule has 1 saturated heterocycles. The summed E-state index contributed by atoms with van der Waals surface area (Å²) in [6, 6.07) is 18.0. The van der Waals surface area contributed by atoms with Gasteiger partial charge in [0.25, 0.3) is 0 Å². The first-order valence-electron chi connectivity index (χ1n) is 10.1. The fourth-order valence-corrected chi connectivity index (χ4v) is 4.45. The maximum Gasteiger partial charge on any atom is 0.241 e. The van der Waals surface area contributed by atoms with E-state index in [1.165, 1.54) is 0 Å². The van der Waals surface area contributed by atoms with Gasteiger partial charge in [0.05, 0.1) is 6.04 Å². The van der Waals surface area contributed by atoms with E-state index in [9.17, 15) is 4.79 Å². The number of benzene rings is 2. The molecule has 4 rings (SSSR count). The highest BCUT2D eigenvalue weighted by Gasteiger charge is 2.25. The van der Waals surface area contributed by atoms with E-state index in [4.69, 9.17) is 0 Å². The lowest BCUT2D eigenvalue weighted by Gasteiger charge is -2.27. The molecule has 1 unspecified atom stereocenters. The molecule has 150 valence electrons. The largest absolute Gasteiger partial charge is 0.347 e. The van der Waals surface area contributed by atoms with Crippen molar-refractivity contribution < 1.29 is 4.79 Å². The van der Waals surface area contributed by atoms with Crippen molar-refractivity contribution in [1.29, 1.82) is 0 Å². The lowest BCUT2D eigenvalue weighted by molar-refractivity contribution is -0.120. The predicted molar refractivity (Wildman–Crippen MR) is 120 cm³/mol. The summed E-state index contributed by atoms with van der Waals surface area (Å²) in [7, 11) is 0. The normalized spacial score (nSPS) is 16.2. The van der Waals surface area contributed by atoms with Crippen molar-refractivity contribution >= 4 is 28.1 Å². The maximum atomic E-state index is 13.0. The Kier molecular flexibility index (Phi) is 6.22. The minimum atomic E-state index is -0.185. The summed E-state index contributed by atoms with van der Waals surface area (Å²) >= 11 is 1.67. The van der Waals surface area contributed by atoms with Crippen molar-refractivity contribution in [2.24, 2.45) is 0 Å². The van der Waals surface area contributed by atoms with Gasteiger partial charge >= 0.3 is 0 Å². The van der Waals surface area contributed by atoms with Gasteiger partial charge in [0.2, 0.25) is 5.91 Å². The molecule has 6 heteroatoms. The Morgan fingerprint density at radius 2 is 1.83 bits per heavy atom. The number of rotatable bonds is 5. The number of carbonyl (C=O) groups excluding carboxylic acids is 1. The third-order valence-electron chi connectivity index (χ3n) is 5.42. The van der Waals surface area contributed by atoms with Crippen molar-refractivity contribution in [2.45, 2.75) is 19.4 Å². The van der Waals surface area contributed by atoms with Crippen molar-refractivity contribution in [2.75, 3.05) is 36.4 Å². The average Bonchev–Trinajstić information content (AvgIpc) is 3.19. The molecule has 0 bridgehead atoms. The van der Waals surface area contributed by atoms with Gasteiger partial charge in [-0.15, -0.1) is 11.3 Å². The summed E-state index contributed by atoms with van der Waals surface area (Å²) in [6.45, 7) is 5.64. The van der Waals surface area contributed by atoms with Crippen LogP contribution in [0.15, 0.2) is 66.2 Å². The van der Waals surface area contributed by atoms with Crippen LogP contribution in [0.3, 0.4) is 0 Å². The first-order chi connectivity index (χ1) is 14.2. The summed E-state index contributed by atoms with van der Waals surface area (Å²) in [5.41, 5.74) is 3.00. The number of nitrogens with zero attached hydrogens (tertiary/aromatic N) is 3. The Hall–Kier alpha value is -2.70. The van der Waals surface area contributed by atoms with Gasteiger partial charge in [0, 0.05) is 49.0 Å². The number of amides is 1. The third-order valence-corrected chi connectivity index (χ3v) is 6.25. The molecule has 1 aliphatic rings. The van der Waals surface area contributed by atoms with Crippen molar-refractivity contribution in [3.8, 4) is 11.1 Å². The topological polar surface area (TPSA) is 48.5 Å². The molecule has 0 aliphatic carbocycles. The standard InChI is InChI=1S/C23H26N4OS/c1-18(26-13-7-14-27(16-15-26)23-24-12-17-29-23)22(28)25-21-11-6-5-10-20(21)19-8-3-2-4-9-19/h2-6,8-12,17-18H,7,13-16H2,1H3,(H,25,28). The minimum absolute atomic E-state index is 0.0380. The van der Waals surface area contributed by atoms with E-state index >= 15 is 0 Å². The molecule has 5 nitrogen and oxygen atoms in total. The molecule has 0 radical (unpaired) electrons. The van der Waals surface area contributed by atoms with Crippen LogP contribution in [0.2, 0.25) is 0 Å². The van der Waals surface area contributed by atoms with Crippen molar-refractivity contribution in [1.82, 2.24) is 9.88 Å². The van der Waals surface area contributed by atoms with Crippen LogP contribution < -0.4 is 10.2 Å². The fraction of sp³-hybridized carbons (Fsp3) is 0.304. The molecule has 1 atom stereocenters. The van der Waals surface area contributed by atoms with Crippen LogP contribution in [-0.2, 0) is 4.79 Å². The van der Waals surface area contributed by atoms with Crippen LogP contribution in [0.4, 0.5) is 10.8 Å². The van der Waals surface area contributed by atoms with Crippen LogP contribution in [-0.4, -0.2) is 48.0 Å². The second kappa shape index (κ2) is 9.20. The smallest absolute Gasteiger partial charge is 0.241 e. The van der Waals surface area contributed by atoms with Crippen LogP contribution in [0.1, 0.15) is 13.3 Å². The van der Waals surface area contributed by atoms with Gasteiger partial charge in [-0.05, 0) is 25.0 Å². The number of aromatic nitrogens is 1. The van der Waals surface area contributed by atoms with Gasteiger partial charge in [-0.1, -0.05) is 48.5 Å². The quantitative estimate of drug-likeness (QED) is 0.684. The van der Waals surface area contributed by atoms with Gasteiger partial charge in [0.15, 0.2) is 5.13 Å². The van der Waals surface area contributed by atoms with Gasteiger partial charge in [0.1, 0.15) is 0 Å². The van der Waals surface area contributed by atoms with Gasteiger partial charge < -0.3 is 10.2 Å². The van der Waals surface area contributed by atoms with E-state index in [1.807, 2.05) is 61.0 Å². The van der Waals surface area contributed by atoms with Gasteiger partial charge in [-0.25, -0.2) is 4.98 Å². The minimum Gasteiger partial charge on any atom is -0.347 e. The SMILES string of the molecule is CC(C(=O)Nc1ccccc1-c1ccccc1)N1CCCN(c2nccs2)CC1. The molecule has 1 aliphatic heterocycles. The Bertz CT molecular complexity index is 929. The number of hydrogen-bond donors (Lipinski definition) is 1. The molecular formula is C23H26N4OS. The van der Waals surface area contributed by atoms with Gasteiger partial charge in [-0.3, -0.25) is 9.69 Å². The Labute approximate surface area is 176 Å². The molecule has 3 aromatic rings. The van der Waals surface area contributed by atoms with Crippen LogP contribution in [0.5, 0.6) is 0 Å². The predicted octanol–water partition coefficient (Wildman–Crippen LogP) is 4.35. The number of para-hydroxylation sites is 1. The highest BCUT2D eigenvalue weighted by atomic mass is 32.1. The molecular weight excluding hydrogens is 380 g/mol. The van der Waals surface area contributed by atoms with E-state index in [0.717, 1.165) is 54.5 Å². The summed E-state index contributed by atoms with van der Waals surface area (Å²) in [4.78, 5) is 22.1. The summed E-state index contributed by atoms with van der Waals surface area (Å²) in [6.07, 6.45) is 2.88. The second-order valence-corrected chi connectivity index (χ2v) is 8.14. The molecule has 29 heavy (non-hydrogen) atoms. The average molecular weight is 407 g/mol. The van der Waals surface area contributed by atoms with E-state index < -0.39 is 0 Å². The molecule has 2 heterocycles. The Morgan fingerprint density at radius 3 is 2.62 bits per heavy atom. The first kappa shape index (κ1) is 19.6. The van der Waals surface area contributed by atoms with Crippen molar-refractivity contribution in [3.05, 3.63) is 66.2 Å². The lowest BCUT2D eigenvalue weighted by Crippen LogP contribution is -2.44. The Balaban J connectivity index is 1.43. The molecule has 1 amide bonds. The van der Waals surface area contributed by atoms with Crippen LogP contribution in [0, 0.1) is 0 Å². The van der Waals surface area contributed by atoms with Crippen LogP contribution >= 0.6 is 11.3 Å². The molecule has 0 spiro atoms. The van der Waals surface area contributed by atoms with Crippen molar-refractivity contribution in [3.63, 3.8) is 0 Å². The summed E-state index contributed by atoms with van der Waals surface area (Å²) < 4.78 is 0. The number of hydrogen-bond acceptors (Lipinski definition) is 5. The molecule has 1 aromatic heterocycles. The summed E-state index contributed by atoms with van der Waals surface area (Å²) in [5, 5.41) is 6.24. The number of carbonyl (C=O) groups is 1. The molecule has 2 aromatic carbocycles. The first-order valence-corrected chi connectivity index (χ1v) is 10.9. The lowest BCUT2D eigenvalue weighted by atomic mass is 10.0. The zero-order valence-corrected chi connectivity index (χ0v) is 17.4. The Morgan fingerprint density at radius 1 is 1.03 bits per heavy atom. The van der Waals surface area contributed by atoms with Gasteiger partial charge in [-0.2, -0.15) is 0 Å².